The van der Waals surface area contributed by atoms with E-state index in [0.29, 0.717) is 0 Å². The maximum absolute atomic E-state index is 4.60. The second-order valence-corrected chi connectivity index (χ2v) is 5.03. The first-order valence-corrected chi connectivity index (χ1v) is 6.67. The fourth-order valence-electron chi connectivity index (χ4n) is 1.47. The zero-order valence-electron chi connectivity index (χ0n) is 8.41. The Hall–Kier alpha value is -1.46. The molecule has 80 valence electrons. The average molecular weight is 247 g/mol. The van der Waals surface area contributed by atoms with Crippen LogP contribution in [0.5, 0.6) is 0 Å². The second-order valence-electron chi connectivity index (χ2n) is 3.39. The van der Waals surface area contributed by atoms with E-state index in [0.717, 1.165) is 17.2 Å². The molecule has 3 aromatic rings. The summed E-state index contributed by atoms with van der Waals surface area (Å²) in [6, 6.07) is 2.10. The maximum atomic E-state index is 4.60. The molecule has 0 N–H and O–H groups in total. The van der Waals surface area contributed by atoms with Gasteiger partial charge in [0.05, 0.1) is 18.6 Å². The van der Waals surface area contributed by atoms with Crippen molar-refractivity contribution in [2.24, 2.45) is 0 Å². The van der Waals surface area contributed by atoms with Crippen molar-refractivity contribution in [2.45, 2.75) is 6.54 Å². The van der Waals surface area contributed by atoms with Crippen molar-refractivity contribution < 1.29 is 0 Å². The quantitative estimate of drug-likeness (QED) is 0.712. The lowest BCUT2D eigenvalue weighted by atomic mass is 10.3. The van der Waals surface area contributed by atoms with E-state index in [1.54, 1.807) is 28.9 Å². The number of rotatable bonds is 3. The smallest absolute Gasteiger partial charge is 0.124 e. The van der Waals surface area contributed by atoms with Crippen molar-refractivity contribution in [3.05, 3.63) is 46.6 Å². The summed E-state index contributed by atoms with van der Waals surface area (Å²) in [5.41, 5.74) is 2.30. The molecule has 3 aromatic heterocycles. The van der Waals surface area contributed by atoms with E-state index in [1.165, 1.54) is 5.56 Å². The van der Waals surface area contributed by atoms with Crippen LogP contribution in [0.3, 0.4) is 0 Å². The molecule has 0 fully saturated rings. The molecule has 0 aliphatic rings. The molecule has 0 aromatic carbocycles. The van der Waals surface area contributed by atoms with Gasteiger partial charge in [-0.15, -0.1) is 11.3 Å². The molecule has 0 aliphatic heterocycles. The molecule has 0 radical (unpaired) electrons. The summed E-state index contributed by atoms with van der Waals surface area (Å²) in [4.78, 5) is 8.62. The summed E-state index contributed by atoms with van der Waals surface area (Å²) in [5.74, 6) is 0. The van der Waals surface area contributed by atoms with Crippen LogP contribution in [0.25, 0.3) is 10.6 Å². The SMILES string of the molecule is c1cn(Cc2csc(-c3ccsc3)n2)cn1. The summed E-state index contributed by atoms with van der Waals surface area (Å²) < 4.78 is 2.02. The van der Waals surface area contributed by atoms with Crippen molar-refractivity contribution >= 4 is 22.7 Å². The summed E-state index contributed by atoms with van der Waals surface area (Å²) in [6.45, 7) is 0.792. The van der Waals surface area contributed by atoms with Gasteiger partial charge in [-0.05, 0) is 11.4 Å². The van der Waals surface area contributed by atoms with Crippen LogP contribution in [0.4, 0.5) is 0 Å². The summed E-state index contributed by atoms with van der Waals surface area (Å²) in [6.07, 6.45) is 5.54. The van der Waals surface area contributed by atoms with Gasteiger partial charge in [0.2, 0.25) is 0 Å². The molecule has 0 saturated heterocycles. The van der Waals surface area contributed by atoms with Gasteiger partial charge in [0.25, 0.3) is 0 Å². The highest BCUT2D eigenvalue weighted by molar-refractivity contribution is 7.14. The second kappa shape index (κ2) is 4.19. The predicted molar refractivity (Wildman–Crippen MR) is 66.8 cm³/mol. The van der Waals surface area contributed by atoms with E-state index >= 15 is 0 Å². The normalized spacial score (nSPS) is 10.8. The third-order valence-electron chi connectivity index (χ3n) is 2.22. The molecule has 3 heterocycles. The molecule has 0 bridgehead atoms. The Morgan fingerprint density at radius 1 is 1.31 bits per heavy atom. The molecule has 3 rings (SSSR count). The molecule has 0 unspecified atom stereocenters. The van der Waals surface area contributed by atoms with E-state index in [1.807, 2.05) is 17.1 Å². The van der Waals surface area contributed by atoms with E-state index in [2.05, 4.69) is 32.2 Å². The van der Waals surface area contributed by atoms with Crippen LogP contribution in [0.1, 0.15) is 5.69 Å². The third kappa shape index (κ3) is 1.91. The molecule has 3 nitrogen and oxygen atoms in total. The van der Waals surface area contributed by atoms with Gasteiger partial charge < -0.3 is 4.57 Å². The van der Waals surface area contributed by atoms with Gasteiger partial charge in [0.1, 0.15) is 5.01 Å². The Labute approximate surface area is 101 Å². The van der Waals surface area contributed by atoms with Gasteiger partial charge in [-0.25, -0.2) is 9.97 Å². The van der Waals surface area contributed by atoms with Gasteiger partial charge in [0, 0.05) is 28.7 Å². The first-order valence-electron chi connectivity index (χ1n) is 4.84. The summed E-state index contributed by atoms with van der Waals surface area (Å²) in [7, 11) is 0. The zero-order chi connectivity index (χ0) is 10.8. The average Bonchev–Trinajstić information content (AvgIpc) is 2.99. The molecule has 0 amide bonds. The number of aromatic nitrogens is 3. The number of nitrogens with zero attached hydrogens (tertiary/aromatic N) is 3. The molecule has 0 saturated carbocycles. The highest BCUT2D eigenvalue weighted by Crippen LogP contribution is 2.25. The first kappa shape index (κ1) is 9.74. The number of thiazole rings is 1. The molecule has 0 spiro atoms. The molecular formula is C11H9N3S2. The lowest BCUT2D eigenvalue weighted by molar-refractivity contribution is 0.779. The van der Waals surface area contributed by atoms with Crippen molar-refractivity contribution in [3.63, 3.8) is 0 Å². The Morgan fingerprint density at radius 3 is 3.06 bits per heavy atom. The highest BCUT2D eigenvalue weighted by atomic mass is 32.1. The standard InChI is InChI=1S/C11H9N3S2/c1-4-15-6-9(1)11-13-10(7-16-11)5-14-3-2-12-8-14/h1-4,6-8H,5H2. The Bertz CT molecular complexity index is 552. The van der Waals surface area contributed by atoms with E-state index < -0.39 is 0 Å². The topological polar surface area (TPSA) is 30.7 Å². The largest absolute Gasteiger partial charge is 0.331 e. The maximum Gasteiger partial charge on any atom is 0.124 e. The van der Waals surface area contributed by atoms with Crippen molar-refractivity contribution in [1.82, 2.24) is 14.5 Å². The molecule has 0 aliphatic carbocycles. The van der Waals surface area contributed by atoms with Gasteiger partial charge in [-0.2, -0.15) is 11.3 Å². The molecular weight excluding hydrogens is 238 g/mol. The minimum Gasteiger partial charge on any atom is -0.331 e. The van der Waals surface area contributed by atoms with Gasteiger partial charge in [-0.1, -0.05) is 0 Å². The third-order valence-corrected chi connectivity index (χ3v) is 3.85. The van der Waals surface area contributed by atoms with Crippen LogP contribution in [0, 0.1) is 0 Å². The zero-order valence-corrected chi connectivity index (χ0v) is 10.0. The number of imidazole rings is 1. The minimum absolute atomic E-state index is 0.792. The number of hydrogen-bond acceptors (Lipinski definition) is 4. The van der Waals surface area contributed by atoms with Crippen LogP contribution in [0.2, 0.25) is 0 Å². The Kier molecular flexibility index (Phi) is 2.55. The van der Waals surface area contributed by atoms with Gasteiger partial charge >= 0.3 is 0 Å². The monoisotopic (exact) mass is 247 g/mol. The summed E-state index contributed by atoms with van der Waals surface area (Å²) in [5, 5.41) is 7.40. The van der Waals surface area contributed by atoms with Crippen molar-refractivity contribution in [2.75, 3.05) is 0 Å². The minimum atomic E-state index is 0.792. The lowest BCUT2D eigenvalue weighted by Crippen LogP contribution is -1.96. The number of thiophene rings is 1. The van der Waals surface area contributed by atoms with Gasteiger partial charge in [-0.3, -0.25) is 0 Å². The molecule has 16 heavy (non-hydrogen) atoms. The van der Waals surface area contributed by atoms with Gasteiger partial charge in [0.15, 0.2) is 0 Å². The molecule has 5 heteroatoms. The summed E-state index contributed by atoms with van der Waals surface area (Å²) >= 11 is 3.39. The van der Waals surface area contributed by atoms with Crippen molar-refractivity contribution in [1.29, 1.82) is 0 Å². The fraction of sp³-hybridized carbons (Fsp3) is 0.0909. The first-order chi connectivity index (χ1) is 7.92. The van der Waals surface area contributed by atoms with Crippen LogP contribution in [0.15, 0.2) is 40.9 Å². The van der Waals surface area contributed by atoms with E-state index in [-0.39, 0.29) is 0 Å². The van der Waals surface area contributed by atoms with E-state index in [4.69, 9.17) is 0 Å². The van der Waals surface area contributed by atoms with Crippen molar-refractivity contribution in [3.8, 4) is 10.6 Å². The Morgan fingerprint density at radius 2 is 2.31 bits per heavy atom. The molecule has 0 atom stereocenters. The van der Waals surface area contributed by atoms with Crippen LogP contribution in [-0.2, 0) is 6.54 Å². The Balaban J connectivity index is 1.83. The highest BCUT2D eigenvalue weighted by Gasteiger charge is 2.05. The van der Waals surface area contributed by atoms with Crippen LogP contribution in [-0.4, -0.2) is 14.5 Å². The lowest BCUT2D eigenvalue weighted by Gasteiger charge is -1.96. The van der Waals surface area contributed by atoms with Crippen LogP contribution < -0.4 is 0 Å². The van der Waals surface area contributed by atoms with Crippen LogP contribution >= 0.6 is 22.7 Å². The predicted octanol–water partition coefficient (Wildman–Crippen LogP) is 3.12. The fourth-order valence-corrected chi connectivity index (χ4v) is 2.99. The number of hydrogen-bond donors (Lipinski definition) is 0. The van der Waals surface area contributed by atoms with E-state index in [9.17, 15) is 0 Å².